The fourth-order valence-electron chi connectivity index (χ4n) is 3.54. The first-order valence-corrected chi connectivity index (χ1v) is 12.2. The zero-order valence-corrected chi connectivity index (χ0v) is 19.4. The predicted octanol–water partition coefficient (Wildman–Crippen LogP) is 4.17. The summed E-state index contributed by atoms with van der Waals surface area (Å²) in [6.45, 7) is 1.60. The third-order valence-electron chi connectivity index (χ3n) is 5.41. The van der Waals surface area contributed by atoms with Crippen molar-refractivity contribution in [3.05, 3.63) is 50.6 Å². The summed E-state index contributed by atoms with van der Waals surface area (Å²) >= 11 is 9.25. The molecule has 1 aromatic rings. The lowest BCUT2D eigenvalue weighted by molar-refractivity contribution is -0.122. The van der Waals surface area contributed by atoms with Crippen LogP contribution in [0.2, 0.25) is 0 Å². The highest BCUT2D eigenvalue weighted by Crippen LogP contribution is 2.38. The Balaban J connectivity index is 1.83. The van der Waals surface area contributed by atoms with Gasteiger partial charge in [-0.2, -0.15) is 0 Å². The van der Waals surface area contributed by atoms with Gasteiger partial charge in [-0.1, -0.05) is 30.5 Å². The van der Waals surface area contributed by atoms with Crippen LogP contribution in [0.1, 0.15) is 39.0 Å². The number of nitrogens with one attached hydrogen (secondary N) is 2. The largest absolute Gasteiger partial charge is 0.391 e. The maximum Gasteiger partial charge on any atom is 0.242 e. The van der Waals surface area contributed by atoms with Crippen LogP contribution < -0.4 is 10.0 Å². The fourth-order valence-corrected chi connectivity index (χ4v) is 5.91. The summed E-state index contributed by atoms with van der Waals surface area (Å²) in [5.74, 6) is -0.914. The molecule has 0 aliphatic heterocycles. The second kappa shape index (κ2) is 9.08. The number of aliphatic hydroxyl groups excluding tert-OH is 1. The maximum atomic E-state index is 13.4. The van der Waals surface area contributed by atoms with E-state index < -0.39 is 39.3 Å². The topological polar surface area (TPSA) is 95.5 Å². The molecule has 0 aromatic heterocycles. The molecule has 1 amide bonds. The minimum absolute atomic E-state index is 0.0302. The quantitative estimate of drug-likeness (QED) is 0.542. The lowest BCUT2D eigenvalue weighted by atomic mass is 9.82. The lowest BCUT2D eigenvalue weighted by Crippen LogP contribution is -2.46. The van der Waals surface area contributed by atoms with Gasteiger partial charge in [-0.15, -0.1) is 0 Å². The van der Waals surface area contributed by atoms with Crippen molar-refractivity contribution < 1.29 is 22.7 Å². The average Bonchev–Trinajstić information content (AvgIpc) is 2.68. The first-order chi connectivity index (χ1) is 14.0. The Kier molecular flexibility index (Phi) is 7.08. The van der Waals surface area contributed by atoms with E-state index in [4.69, 9.17) is 11.6 Å². The van der Waals surface area contributed by atoms with Gasteiger partial charge in [-0.05, 0) is 66.4 Å². The summed E-state index contributed by atoms with van der Waals surface area (Å²) in [4.78, 5) is 12.7. The highest BCUT2D eigenvalue weighted by molar-refractivity contribution is 9.10. The molecule has 3 atom stereocenters. The van der Waals surface area contributed by atoms with E-state index in [0.717, 1.165) is 12.8 Å². The van der Waals surface area contributed by atoms with E-state index in [1.807, 2.05) is 0 Å². The molecule has 1 saturated carbocycles. The van der Waals surface area contributed by atoms with E-state index in [2.05, 4.69) is 26.0 Å². The van der Waals surface area contributed by atoms with Crippen LogP contribution in [0, 0.1) is 11.2 Å². The third kappa shape index (κ3) is 5.13. The van der Waals surface area contributed by atoms with Gasteiger partial charge in [-0.3, -0.25) is 4.79 Å². The van der Waals surface area contributed by atoms with Gasteiger partial charge in [0.25, 0.3) is 0 Å². The molecule has 2 aliphatic rings. The fraction of sp³-hybridized carbons (Fsp3) is 0.450. The number of amides is 1. The number of sulfonamides is 1. The van der Waals surface area contributed by atoms with Gasteiger partial charge in [0, 0.05) is 11.7 Å². The van der Waals surface area contributed by atoms with Crippen molar-refractivity contribution in [3.63, 3.8) is 0 Å². The van der Waals surface area contributed by atoms with E-state index in [9.17, 15) is 22.7 Å². The predicted molar refractivity (Wildman–Crippen MR) is 118 cm³/mol. The monoisotopic (exact) mass is 520 g/mol. The Morgan fingerprint density at radius 1 is 1.33 bits per heavy atom. The van der Waals surface area contributed by atoms with Crippen LogP contribution in [0.25, 0.3) is 0 Å². The van der Waals surface area contributed by atoms with Crippen molar-refractivity contribution in [2.45, 2.75) is 51.2 Å². The minimum Gasteiger partial charge on any atom is -0.391 e. The van der Waals surface area contributed by atoms with Crippen molar-refractivity contribution in [1.82, 2.24) is 4.72 Å². The maximum absolute atomic E-state index is 13.4. The molecular weight excluding hydrogens is 499 g/mol. The van der Waals surface area contributed by atoms with E-state index in [1.165, 1.54) is 30.4 Å². The smallest absolute Gasteiger partial charge is 0.242 e. The Morgan fingerprint density at radius 3 is 2.70 bits per heavy atom. The molecule has 6 nitrogen and oxygen atoms in total. The van der Waals surface area contributed by atoms with E-state index >= 15 is 0 Å². The zero-order chi connectivity index (χ0) is 22.1. The van der Waals surface area contributed by atoms with Gasteiger partial charge in [0.2, 0.25) is 15.9 Å². The van der Waals surface area contributed by atoms with Gasteiger partial charge in [0.05, 0.1) is 25.9 Å². The van der Waals surface area contributed by atoms with Gasteiger partial charge in [0.1, 0.15) is 5.82 Å². The van der Waals surface area contributed by atoms with Crippen molar-refractivity contribution >= 4 is 49.1 Å². The van der Waals surface area contributed by atoms with E-state index in [-0.39, 0.29) is 20.8 Å². The summed E-state index contributed by atoms with van der Waals surface area (Å²) in [7, 11) is -4.04. The Hall–Kier alpha value is -1.26. The summed E-state index contributed by atoms with van der Waals surface area (Å²) in [5.41, 5.74) is -0.814. The van der Waals surface area contributed by atoms with E-state index in [1.54, 1.807) is 6.92 Å². The number of allylic oxidation sites excluding steroid dienone is 2. The number of halogens is 3. The molecule has 30 heavy (non-hydrogen) atoms. The van der Waals surface area contributed by atoms with Crippen molar-refractivity contribution in [1.29, 1.82) is 0 Å². The number of hydrogen-bond acceptors (Lipinski definition) is 4. The molecule has 0 radical (unpaired) electrons. The summed E-state index contributed by atoms with van der Waals surface area (Å²) in [5, 5.41) is 12.8. The van der Waals surface area contributed by atoms with Crippen molar-refractivity contribution in [3.8, 4) is 0 Å². The van der Waals surface area contributed by atoms with Crippen LogP contribution >= 0.6 is 27.5 Å². The van der Waals surface area contributed by atoms with Crippen LogP contribution in [-0.4, -0.2) is 31.6 Å². The summed E-state index contributed by atoms with van der Waals surface area (Å²) in [6.07, 6.45) is 5.00. The molecule has 1 fully saturated rings. The summed E-state index contributed by atoms with van der Waals surface area (Å²) in [6, 6.07) is 3.47. The van der Waals surface area contributed by atoms with E-state index in [0.29, 0.717) is 18.5 Å². The second-order valence-corrected chi connectivity index (χ2v) is 10.8. The molecule has 164 valence electrons. The Labute approximate surface area is 188 Å². The number of benzene rings is 1. The molecule has 0 spiro atoms. The molecule has 0 saturated heterocycles. The summed E-state index contributed by atoms with van der Waals surface area (Å²) < 4.78 is 42.1. The minimum atomic E-state index is -4.04. The highest BCUT2D eigenvalue weighted by atomic mass is 79.9. The number of carbonyl (C=O) groups excluding carboxylic acids is 1. The van der Waals surface area contributed by atoms with Crippen LogP contribution in [0.15, 0.2) is 44.8 Å². The molecule has 1 aromatic carbocycles. The van der Waals surface area contributed by atoms with Crippen LogP contribution in [0.4, 0.5) is 10.1 Å². The van der Waals surface area contributed by atoms with Gasteiger partial charge in [-0.25, -0.2) is 17.5 Å². The molecule has 0 bridgehead atoms. The van der Waals surface area contributed by atoms with Crippen molar-refractivity contribution in [2.24, 2.45) is 5.41 Å². The van der Waals surface area contributed by atoms with Crippen molar-refractivity contribution in [2.75, 3.05) is 5.32 Å². The molecule has 3 unspecified atom stereocenters. The molecule has 3 N–H and O–H groups in total. The molecule has 2 aliphatic carbocycles. The van der Waals surface area contributed by atoms with Gasteiger partial charge in [0.15, 0.2) is 0 Å². The van der Waals surface area contributed by atoms with Gasteiger partial charge < -0.3 is 10.4 Å². The number of carbonyl (C=O) groups is 1. The normalized spacial score (nSPS) is 27.2. The number of rotatable bonds is 5. The SMILES string of the molecule is CC1(C(=O)Nc2ccc(F)c(Br)c2)C=C(S(=O)(=O)NC2CCCCC2O)C(Cl)=CC1. The molecule has 10 heteroatoms. The highest BCUT2D eigenvalue weighted by Gasteiger charge is 2.38. The lowest BCUT2D eigenvalue weighted by Gasteiger charge is -2.31. The second-order valence-electron chi connectivity index (χ2n) is 7.84. The van der Waals surface area contributed by atoms with Crippen LogP contribution in [-0.2, 0) is 14.8 Å². The third-order valence-corrected chi connectivity index (χ3v) is 8.02. The first kappa shape index (κ1) is 23.4. The van der Waals surface area contributed by atoms with Crippen LogP contribution in [0.5, 0.6) is 0 Å². The Bertz CT molecular complexity index is 1010. The molecule has 3 rings (SSSR count). The standard InChI is InChI=1S/C20H23BrClFN2O4S/c1-20(19(27)24-12-6-7-15(23)13(21)10-12)9-8-14(22)18(11-20)30(28,29)25-16-4-2-3-5-17(16)26/h6-8,10-11,16-17,25-26H,2-5,9H2,1H3,(H,24,27). The number of aliphatic hydroxyl groups is 1. The average molecular weight is 522 g/mol. The molecular formula is C20H23BrClFN2O4S. The molecule has 0 heterocycles. The number of anilines is 1. The first-order valence-electron chi connectivity index (χ1n) is 9.58. The number of hydrogen-bond donors (Lipinski definition) is 3. The Morgan fingerprint density at radius 2 is 2.03 bits per heavy atom. The zero-order valence-electron chi connectivity index (χ0n) is 16.3. The van der Waals surface area contributed by atoms with Crippen LogP contribution in [0.3, 0.4) is 0 Å². The van der Waals surface area contributed by atoms with Gasteiger partial charge >= 0.3 is 0 Å².